The van der Waals surface area contributed by atoms with Crippen LogP contribution in [0.4, 0.5) is 0 Å². The maximum Gasteiger partial charge on any atom is 0.472 e. The summed E-state index contributed by atoms with van der Waals surface area (Å²) in [5.74, 6) is -0.141. The number of carbonyl (C=O) groups excluding carboxylic acids is 1. The third kappa shape index (κ3) is 53.1. The molecule has 3 N–H and O–H groups in total. The van der Waals surface area contributed by atoms with Crippen LogP contribution < -0.4 is 5.32 Å². The van der Waals surface area contributed by atoms with Crippen molar-refractivity contribution in [1.82, 2.24) is 5.32 Å². The van der Waals surface area contributed by atoms with Gasteiger partial charge in [0.25, 0.3) is 0 Å². The Hall–Kier alpha value is -0.500. The minimum Gasteiger partial charge on any atom is -0.391 e. The number of unbranched alkanes of at least 4 members (excludes halogenated alkanes) is 43. The Kier molecular flexibility index (Phi) is 50.1. The molecule has 0 heterocycles. The van der Waals surface area contributed by atoms with E-state index < -0.39 is 20.0 Å². The molecule has 9 heteroatoms. The third-order valence-corrected chi connectivity index (χ3v) is 15.1. The van der Waals surface area contributed by atoms with Crippen LogP contribution in [-0.2, 0) is 18.4 Å². The number of aliphatic hydroxyl groups excluding tert-OH is 1. The van der Waals surface area contributed by atoms with Crippen molar-refractivity contribution in [3.63, 3.8) is 0 Å². The molecular formula is C58H120N2O6P+. The van der Waals surface area contributed by atoms with Gasteiger partial charge < -0.3 is 19.8 Å². The van der Waals surface area contributed by atoms with E-state index in [2.05, 4.69) is 19.2 Å². The van der Waals surface area contributed by atoms with E-state index in [1.165, 1.54) is 250 Å². The fourth-order valence-corrected chi connectivity index (χ4v) is 10.1. The first kappa shape index (κ1) is 66.5. The van der Waals surface area contributed by atoms with Gasteiger partial charge in [0.1, 0.15) is 13.2 Å². The number of phosphoric acid groups is 1. The lowest BCUT2D eigenvalue weighted by Crippen LogP contribution is -2.46. The highest BCUT2D eigenvalue weighted by Gasteiger charge is 2.28. The van der Waals surface area contributed by atoms with E-state index in [1.807, 2.05) is 21.1 Å². The first-order chi connectivity index (χ1) is 32.5. The van der Waals surface area contributed by atoms with Crippen LogP contribution in [0.2, 0.25) is 0 Å². The van der Waals surface area contributed by atoms with E-state index in [-0.39, 0.29) is 19.1 Å². The van der Waals surface area contributed by atoms with Crippen molar-refractivity contribution in [1.29, 1.82) is 0 Å². The summed E-state index contributed by atoms with van der Waals surface area (Å²) in [5, 5.41) is 13.9. The highest BCUT2D eigenvalue weighted by atomic mass is 31.2. The number of carbonyl (C=O) groups is 1. The molecule has 8 nitrogen and oxygen atoms in total. The Morgan fingerprint density at radius 2 is 0.716 bits per heavy atom. The quantitative estimate of drug-likeness (QED) is 0.0319. The van der Waals surface area contributed by atoms with E-state index in [4.69, 9.17) is 9.05 Å². The SMILES string of the molecule is CCCCCCCCCCCCCCCCCCCCCCCCCCCCCCCCCCCCCCCCC(=O)NC(COP(=O)(O)OCC[N+](C)(C)C)C(O)CCCCCCCCC. The number of likely N-dealkylation sites (N-methyl/N-ethyl adjacent to an activating group) is 1. The molecule has 0 saturated heterocycles. The van der Waals surface area contributed by atoms with Crippen LogP contribution in [0.1, 0.15) is 316 Å². The zero-order chi connectivity index (χ0) is 49.2. The van der Waals surface area contributed by atoms with Crippen molar-refractivity contribution in [2.24, 2.45) is 0 Å². The second-order valence-electron chi connectivity index (χ2n) is 22.1. The summed E-state index contributed by atoms with van der Waals surface area (Å²) in [6.07, 6.45) is 60.9. The summed E-state index contributed by atoms with van der Waals surface area (Å²) in [6.45, 7) is 4.88. The molecule has 0 fully saturated rings. The molecule has 0 aliphatic heterocycles. The maximum absolute atomic E-state index is 12.9. The van der Waals surface area contributed by atoms with E-state index in [9.17, 15) is 19.4 Å². The monoisotopic (exact) mass is 972 g/mol. The van der Waals surface area contributed by atoms with E-state index in [0.29, 0.717) is 23.9 Å². The van der Waals surface area contributed by atoms with Crippen molar-refractivity contribution in [2.45, 2.75) is 328 Å². The predicted molar refractivity (Wildman–Crippen MR) is 291 cm³/mol. The van der Waals surface area contributed by atoms with E-state index in [0.717, 1.165) is 38.5 Å². The molecule has 0 rings (SSSR count). The largest absolute Gasteiger partial charge is 0.472 e. The zero-order valence-electron chi connectivity index (χ0n) is 45.9. The van der Waals surface area contributed by atoms with Crippen molar-refractivity contribution < 1.29 is 32.9 Å². The van der Waals surface area contributed by atoms with Crippen molar-refractivity contribution in [3.8, 4) is 0 Å². The normalized spacial score (nSPS) is 13.8. The molecule has 0 radical (unpaired) electrons. The van der Waals surface area contributed by atoms with Gasteiger partial charge >= 0.3 is 7.82 Å². The number of amides is 1. The molecule has 0 bridgehead atoms. The van der Waals surface area contributed by atoms with Gasteiger partial charge in [-0.25, -0.2) is 4.57 Å². The number of phosphoric ester groups is 1. The minimum absolute atomic E-state index is 0.0780. The number of aliphatic hydroxyl groups is 1. The van der Waals surface area contributed by atoms with Crippen LogP contribution in [0.3, 0.4) is 0 Å². The smallest absolute Gasteiger partial charge is 0.391 e. The second-order valence-corrected chi connectivity index (χ2v) is 23.5. The number of nitrogens with zero attached hydrogens (tertiary/aromatic N) is 1. The average molecular weight is 973 g/mol. The maximum atomic E-state index is 12.9. The summed E-state index contributed by atoms with van der Waals surface area (Å²) in [7, 11) is 1.63. The van der Waals surface area contributed by atoms with Crippen LogP contribution in [-0.4, -0.2) is 73.4 Å². The molecule has 1 amide bonds. The van der Waals surface area contributed by atoms with Gasteiger partial charge in [-0.1, -0.05) is 296 Å². The molecule has 0 aliphatic carbocycles. The molecular weight excluding hydrogens is 852 g/mol. The zero-order valence-corrected chi connectivity index (χ0v) is 46.8. The fourth-order valence-electron chi connectivity index (χ4n) is 9.40. The van der Waals surface area contributed by atoms with Gasteiger partial charge in [0, 0.05) is 6.42 Å². The van der Waals surface area contributed by atoms with Gasteiger partial charge in [-0.3, -0.25) is 13.8 Å². The van der Waals surface area contributed by atoms with Gasteiger partial charge in [-0.2, -0.15) is 0 Å². The van der Waals surface area contributed by atoms with Crippen molar-refractivity contribution >= 4 is 13.7 Å². The van der Waals surface area contributed by atoms with Crippen LogP contribution in [0.25, 0.3) is 0 Å². The van der Waals surface area contributed by atoms with Crippen LogP contribution in [0.15, 0.2) is 0 Å². The summed E-state index contributed by atoms with van der Waals surface area (Å²) in [6, 6.07) is -0.752. The molecule has 0 aromatic rings. The molecule has 0 aromatic carbocycles. The van der Waals surface area contributed by atoms with Crippen LogP contribution >= 0.6 is 7.82 Å². The lowest BCUT2D eigenvalue weighted by Gasteiger charge is -2.26. The lowest BCUT2D eigenvalue weighted by atomic mass is 10.0. The van der Waals surface area contributed by atoms with Gasteiger partial charge in [0.15, 0.2) is 0 Å². The Bertz CT molecular complexity index is 1060. The highest BCUT2D eigenvalue weighted by molar-refractivity contribution is 7.47. The third-order valence-electron chi connectivity index (χ3n) is 14.1. The predicted octanol–water partition coefficient (Wildman–Crippen LogP) is 18.0. The van der Waals surface area contributed by atoms with Gasteiger partial charge in [-0.15, -0.1) is 0 Å². The fraction of sp³-hybridized carbons (Fsp3) is 0.983. The molecule has 0 aliphatic rings. The van der Waals surface area contributed by atoms with Crippen LogP contribution in [0, 0.1) is 0 Å². The Morgan fingerprint density at radius 1 is 0.448 bits per heavy atom. The summed E-state index contributed by atoms with van der Waals surface area (Å²) in [4.78, 5) is 23.1. The molecule has 67 heavy (non-hydrogen) atoms. The molecule has 3 unspecified atom stereocenters. The van der Waals surface area contributed by atoms with Gasteiger partial charge in [-0.05, 0) is 12.8 Å². The average Bonchev–Trinajstić information content (AvgIpc) is 3.29. The molecule has 0 aromatic heterocycles. The van der Waals surface area contributed by atoms with Crippen molar-refractivity contribution in [2.75, 3.05) is 40.9 Å². The van der Waals surface area contributed by atoms with Crippen molar-refractivity contribution in [3.05, 3.63) is 0 Å². The standard InChI is InChI=1S/C58H119N2O6P/c1-6-8-10-12-14-15-16-17-18-19-20-21-22-23-24-25-26-27-28-29-30-31-32-33-34-35-36-37-38-39-40-41-42-43-44-46-48-50-52-58(62)59-56(57(61)51-49-47-45-13-11-9-7-2)55-66-67(63,64)65-54-53-60(3,4)5/h56-57,61H,6-55H2,1-5H3,(H-,59,62,63,64)/p+1. The number of quaternary nitrogens is 1. The molecule has 0 saturated carbocycles. The van der Waals surface area contributed by atoms with E-state index in [1.54, 1.807) is 0 Å². The van der Waals surface area contributed by atoms with Crippen LogP contribution in [0.5, 0.6) is 0 Å². The van der Waals surface area contributed by atoms with Gasteiger partial charge in [0.05, 0.1) is 39.9 Å². The Labute approximate surface area is 419 Å². The molecule has 0 spiro atoms. The topological polar surface area (TPSA) is 105 Å². The molecule has 3 atom stereocenters. The van der Waals surface area contributed by atoms with Gasteiger partial charge in [0.2, 0.25) is 5.91 Å². The summed E-state index contributed by atoms with van der Waals surface area (Å²) < 4.78 is 23.6. The number of rotatable bonds is 56. The molecule has 402 valence electrons. The first-order valence-electron chi connectivity index (χ1n) is 29.9. The number of hydrogen-bond donors (Lipinski definition) is 3. The number of hydrogen-bond acceptors (Lipinski definition) is 5. The summed E-state index contributed by atoms with van der Waals surface area (Å²) in [5.41, 5.74) is 0. The first-order valence-corrected chi connectivity index (χ1v) is 31.4. The summed E-state index contributed by atoms with van der Waals surface area (Å²) >= 11 is 0. The highest BCUT2D eigenvalue weighted by Crippen LogP contribution is 2.43. The number of nitrogens with one attached hydrogen (secondary N) is 1. The Morgan fingerprint density at radius 3 is 1.00 bits per heavy atom. The minimum atomic E-state index is -4.30. The lowest BCUT2D eigenvalue weighted by molar-refractivity contribution is -0.870. The Balaban J connectivity index is 3.68. The van der Waals surface area contributed by atoms with E-state index >= 15 is 0 Å². The second kappa shape index (κ2) is 50.4.